The standard InChI is InChI=1S/C15H15FN4O3S/c16-10-2-1-3-11(6-10)20-15(21)13-7-18-14(8-17-13)19-12-4-5-24(22,23)9-12/h1-3,6-8,12H,4-5,9H2,(H,18,19)(H,20,21). The summed E-state index contributed by atoms with van der Waals surface area (Å²) < 4.78 is 35.9. The van der Waals surface area contributed by atoms with Crippen LogP contribution in [0.5, 0.6) is 0 Å². The maximum absolute atomic E-state index is 13.1. The number of benzene rings is 1. The fourth-order valence-electron chi connectivity index (χ4n) is 2.40. The fraction of sp³-hybridized carbons (Fsp3) is 0.267. The zero-order valence-corrected chi connectivity index (χ0v) is 13.4. The Morgan fingerprint density at radius 2 is 2.08 bits per heavy atom. The van der Waals surface area contributed by atoms with E-state index in [1.54, 1.807) is 6.07 Å². The number of nitrogens with zero attached hydrogens (tertiary/aromatic N) is 2. The molecule has 7 nitrogen and oxygen atoms in total. The summed E-state index contributed by atoms with van der Waals surface area (Å²) in [6.07, 6.45) is 3.16. The zero-order chi connectivity index (χ0) is 17.2. The number of hydrogen-bond donors (Lipinski definition) is 2. The molecule has 24 heavy (non-hydrogen) atoms. The molecule has 1 amide bonds. The van der Waals surface area contributed by atoms with Crippen molar-refractivity contribution in [3.8, 4) is 0 Å². The lowest BCUT2D eigenvalue weighted by Crippen LogP contribution is -2.22. The Bertz CT molecular complexity index is 855. The number of rotatable bonds is 4. The van der Waals surface area contributed by atoms with Crippen molar-refractivity contribution >= 4 is 27.2 Å². The van der Waals surface area contributed by atoms with Gasteiger partial charge in [-0.15, -0.1) is 0 Å². The van der Waals surface area contributed by atoms with Crippen LogP contribution in [0.2, 0.25) is 0 Å². The molecule has 0 saturated carbocycles. The summed E-state index contributed by atoms with van der Waals surface area (Å²) in [6, 6.07) is 5.32. The van der Waals surface area contributed by atoms with Crippen LogP contribution in [0.15, 0.2) is 36.7 Å². The Hall–Kier alpha value is -2.55. The number of carbonyl (C=O) groups is 1. The molecule has 1 unspecified atom stereocenters. The Morgan fingerprint density at radius 1 is 1.25 bits per heavy atom. The van der Waals surface area contributed by atoms with Crippen LogP contribution in [0.1, 0.15) is 16.9 Å². The first kappa shape index (κ1) is 16.3. The molecule has 2 heterocycles. The summed E-state index contributed by atoms with van der Waals surface area (Å²) in [5.41, 5.74) is 0.393. The second-order valence-electron chi connectivity index (χ2n) is 5.50. The summed E-state index contributed by atoms with van der Waals surface area (Å²) in [5, 5.41) is 5.51. The highest BCUT2D eigenvalue weighted by atomic mass is 32.2. The maximum atomic E-state index is 13.1. The van der Waals surface area contributed by atoms with Crippen LogP contribution in [0, 0.1) is 5.82 Å². The molecular formula is C15H15FN4O3S. The number of amides is 1. The van der Waals surface area contributed by atoms with Crippen molar-refractivity contribution in [2.75, 3.05) is 22.1 Å². The number of nitrogens with one attached hydrogen (secondary N) is 2. The molecule has 0 spiro atoms. The molecule has 0 aliphatic carbocycles. The smallest absolute Gasteiger partial charge is 0.275 e. The van der Waals surface area contributed by atoms with Gasteiger partial charge in [-0.2, -0.15) is 0 Å². The molecule has 1 fully saturated rings. The van der Waals surface area contributed by atoms with Gasteiger partial charge >= 0.3 is 0 Å². The zero-order valence-electron chi connectivity index (χ0n) is 12.6. The van der Waals surface area contributed by atoms with Crippen LogP contribution in [0.25, 0.3) is 0 Å². The van der Waals surface area contributed by atoms with E-state index in [0.29, 0.717) is 17.9 Å². The molecule has 1 atom stereocenters. The monoisotopic (exact) mass is 350 g/mol. The number of carbonyl (C=O) groups excluding carboxylic acids is 1. The van der Waals surface area contributed by atoms with E-state index in [0.717, 1.165) is 0 Å². The van der Waals surface area contributed by atoms with Gasteiger partial charge < -0.3 is 10.6 Å². The van der Waals surface area contributed by atoms with Crippen LogP contribution < -0.4 is 10.6 Å². The van der Waals surface area contributed by atoms with Crippen molar-refractivity contribution in [2.45, 2.75) is 12.5 Å². The average molecular weight is 350 g/mol. The predicted molar refractivity (Wildman–Crippen MR) is 87.1 cm³/mol. The molecule has 3 rings (SSSR count). The highest BCUT2D eigenvalue weighted by molar-refractivity contribution is 7.91. The van der Waals surface area contributed by atoms with Crippen LogP contribution in [0.3, 0.4) is 0 Å². The predicted octanol–water partition coefficient (Wildman–Crippen LogP) is 1.47. The summed E-state index contributed by atoms with van der Waals surface area (Å²) in [5.74, 6) is -0.338. The Morgan fingerprint density at radius 3 is 2.71 bits per heavy atom. The number of hydrogen-bond acceptors (Lipinski definition) is 6. The van der Waals surface area contributed by atoms with Gasteiger partial charge in [0.1, 0.15) is 17.3 Å². The minimum Gasteiger partial charge on any atom is -0.365 e. The summed E-state index contributed by atoms with van der Waals surface area (Å²) in [6.45, 7) is 0. The molecule has 1 aliphatic heterocycles. The Kier molecular flexibility index (Phi) is 4.43. The molecule has 0 radical (unpaired) electrons. The molecule has 1 aromatic heterocycles. The quantitative estimate of drug-likeness (QED) is 0.866. The van der Waals surface area contributed by atoms with Gasteiger partial charge in [0, 0.05) is 11.7 Å². The second-order valence-corrected chi connectivity index (χ2v) is 7.72. The van der Waals surface area contributed by atoms with Gasteiger partial charge in [0.05, 0.1) is 23.9 Å². The first-order chi connectivity index (χ1) is 11.4. The van der Waals surface area contributed by atoms with Gasteiger partial charge in [-0.25, -0.2) is 22.8 Å². The molecule has 1 saturated heterocycles. The van der Waals surface area contributed by atoms with Crippen molar-refractivity contribution in [3.05, 3.63) is 48.2 Å². The lowest BCUT2D eigenvalue weighted by Gasteiger charge is -2.11. The topological polar surface area (TPSA) is 101 Å². The average Bonchev–Trinajstić information content (AvgIpc) is 2.87. The molecular weight excluding hydrogens is 335 g/mol. The van der Waals surface area contributed by atoms with Crippen LogP contribution in [-0.2, 0) is 9.84 Å². The van der Waals surface area contributed by atoms with Gasteiger partial charge in [0.25, 0.3) is 5.91 Å². The first-order valence-electron chi connectivity index (χ1n) is 7.27. The normalized spacial score (nSPS) is 19.0. The van der Waals surface area contributed by atoms with Gasteiger partial charge in [0.2, 0.25) is 0 Å². The minimum atomic E-state index is -2.98. The Labute approximate surface area is 138 Å². The third kappa shape index (κ3) is 4.05. The molecule has 126 valence electrons. The van der Waals surface area contributed by atoms with E-state index in [1.807, 2.05) is 0 Å². The van der Waals surface area contributed by atoms with Gasteiger partial charge in [-0.05, 0) is 24.6 Å². The van der Waals surface area contributed by atoms with Crippen molar-refractivity contribution in [1.29, 1.82) is 0 Å². The SMILES string of the molecule is O=C(Nc1cccc(F)c1)c1cnc(NC2CCS(=O)(=O)C2)cn1. The number of sulfone groups is 1. The molecule has 0 bridgehead atoms. The number of aromatic nitrogens is 2. The number of anilines is 2. The molecule has 1 aliphatic rings. The number of halogens is 1. The van der Waals surface area contributed by atoms with E-state index >= 15 is 0 Å². The molecule has 1 aromatic carbocycles. The van der Waals surface area contributed by atoms with Crippen LogP contribution >= 0.6 is 0 Å². The van der Waals surface area contributed by atoms with Crippen LogP contribution in [0.4, 0.5) is 15.9 Å². The molecule has 2 N–H and O–H groups in total. The summed E-state index contributed by atoms with van der Waals surface area (Å²) in [4.78, 5) is 20.1. The fourth-order valence-corrected chi connectivity index (χ4v) is 4.07. The third-order valence-corrected chi connectivity index (χ3v) is 5.32. The van der Waals surface area contributed by atoms with E-state index in [-0.39, 0.29) is 23.2 Å². The van der Waals surface area contributed by atoms with E-state index in [2.05, 4.69) is 20.6 Å². The highest BCUT2D eigenvalue weighted by Crippen LogP contribution is 2.16. The minimum absolute atomic E-state index is 0.0660. The third-order valence-electron chi connectivity index (χ3n) is 3.55. The van der Waals surface area contributed by atoms with E-state index in [9.17, 15) is 17.6 Å². The highest BCUT2D eigenvalue weighted by Gasteiger charge is 2.27. The molecule has 9 heteroatoms. The van der Waals surface area contributed by atoms with Crippen LogP contribution in [-0.4, -0.2) is 41.8 Å². The molecule has 2 aromatic rings. The van der Waals surface area contributed by atoms with Gasteiger partial charge in [-0.3, -0.25) is 4.79 Å². The first-order valence-corrected chi connectivity index (χ1v) is 9.09. The van der Waals surface area contributed by atoms with E-state index in [1.165, 1.54) is 30.6 Å². The maximum Gasteiger partial charge on any atom is 0.275 e. The van der Waals surface area contributed by atoms with E-state index < -0.39 is 21.6 Å². The summed E-state index contributed by atoms with van der Waals surface area (Å²) >= 11 is 0. The van der Waals surface area contributed by atoms with Gasteiger partial charge in [0.15, 0.2) is 9.84 Å². The lowest BCUT2D eigenvalue weighted by atomic mass is 10.2. The van der Waals surface area contributed by atoms with Gasteiger partial charge in [-0.1, -0.05) is 6.07 Å². The van der Waals surface area contributed by atoms with Crippen molar-refractivity contribution in [2.24, 2.45) is 0 Å². The van der Waals surface area contributed by atoms with Crippen molar-refractivity contribution in [3.63, 3.8) is 0 Å². The largest absolute Gasteiger partial charge is 0.365 e. The Balaban J connectivity index is 1.62. The van der Waals surface area contributed by atoms with Crippen molar-refractivity contribution in [1.82, 2.24) is 9.97 Å². The van der Waals surface area contributed by atoms with E-state index in [4.69, 9.17) is 0 Å². The second kappa shape index (κ2) is 6.52. The van der Waals surface area contributed by atoms with Crippen molar-refractivity contribution < 1.29 is 17.6 Å². The summed E-state index contributed by atoms with van der Waals surface area (Å²) in [7, 11) is -2.98. The lowest BCUT2D eigenvalue weighted by molar-refractivity contribution is 0.102.